The molecule has 1 unspecified atom stereocenters. The molecule has 0 N–H and O–H groups in total. The Hall–Kier alpha value is -5.34. The predicted octanol–water partition coefficient (Wildman–Crippen LogP) is 11.2. The molecule has 0 fully saturated rings. The number of nitrogens with zero attached hydrogens (tertiary/aromatic N) is 2. The third-order valence-corrected chi connectivity index (χ3v) is 9.03. The molecule has 210 valence electrons. The minimum absolute atomic E-state index is 0.558. The second-order valence-electron chi connectivity index (χ2n) is 11.9. The van der Waals surface area contributed by atoms with Crippen molar-refractivity contribution in [2.75, 3.05) is 0 Å². The molecule has 6 aromatic carbocycles. The van der Waals surface area contributed by atoms with Crippen LogP contribution in [0.2, 0.25) is 0 Å². The first-order chi connectivity index (χ1) is 21.7. The smallest absolute Gasteiger partial charge is 0.160 e. The van der Waals surface area contributed by atoms with Crippen molar-refractivity contribution in [3.8, 4) is 33.9 Å². The summed E-state index contributed by atoms with van der Waals surface area (Å²) in [5.41, 5.74) is 10.5. The average Bonchev–Trinajstić information content (AvgIpc) is 3.26. The van der Waals surface area contributed by atoms with Gasteiger partial charge in [0.1, 0.15) is 0 Å². The van der Waals surface area contributed by atoms with Gasteiger partial charge in [0.2, 0.25) is 0 Å². The van der Waals surface area contributed by atoms with Crippen LogP contribution in [0.15, 0.2) is 140 Å². The molecule has 1 atom stereocenters. The standard InChI is InChI=1S/C42H32N2/c1-28-14-15-35(24-36-12-6-7-13-39(28)36)31-16-20-32(21-17-31)40-27-41(37-22-18-29-8-2-4-10-33(29)25-37)44-42(43-40)38-23-19-30-9-3-5-11-34(30)26-38/h2-13,16-28H,14-15H2,1H3. The van der Waals surface area contributed by atoms with Gasteiger partial charge in [-0.2, -0.15) is 0 Å². The number of fused-ring (bicyclic) bond motifs is 3. The average molecular weight is 565 g/mol. The Kier molecular flexibility index (Phi) is 6.61. The molecule has 0 radical (unpaired) electrons. The summed E-state index contributed by atoms with van der Waals surface area (Å²) in [5.74, 6) is 1.29. The van der Waals surface area contributed by atoms with E-state index in [9.17, 15) is 0 Å². The number of allylic oxidation sites excluding steroid dienone is 1. The van der Waals surface area contributed by atoms with Crippen LogP contribution < -0.4 is 0 Å². The molecule has 2 heteroatoms. The van der Waals surface area contributed by atoms with Gasteiger partial charge in [-0.1, -0.05) is 134 Å². The van der Waals surface area contributed by atoms with Gasteiger partial charge >= 0.3 is 0 Å². The van der Waals surface area contributed by atoms with E-state index in [0.717, 1.165) is 46.7 Å². The summed E-state index contributed by atoms with van der Waals surface area (Å²) in [5, 5.41) is 4.82. The van der Waals surface area contributed by atoms with Crippen LogP contribution in [0, 0.1) is 0 Å². The van der Waals surface area contributed by atoms with Gasteiger partial charge in [0.15, 0.2) is 5.82 Å². The minimum Gasteiger partial charge on any atom is -0.228 e. The number of rotatable bonds is 4. The van der Waals surface area contributed by atoms with Gasteiger partial charge in [0, 0.05) is 16.7 Å². The molecular weight excluding hydrogens is 532 g/mol. The SMILES string of the molecule is CC1CCC(c2ccc(-c3cc(-c4ccc5ccccc5c4)nc(-c4ccc5ccccc5c4)n3)cc2)=Cc2ccccc21. The maximum atomic E-state index is 5.14. The highest BCUT2D eigenvalue weighted by molar-refractivity contribution is 5.89. The fraction of sp³-hybridized carbons (Fsp3) is 0.0952. The van der Waals surface area contributed by atoms with Crippen LogP contribution in [0.3, 0.4) is 0 Å². The maximum Gasteiger partial charge on any atom is 0.160 e. The molecule has 1 heterocycles. The molecule has 2 nitrogen and oxygen atoms in total. The van der Waals surface area contributed by atoms with Crippen LogP contribution in [0.25, 0.3) is 67.1 Å². The van der Waals surface area contributed by atoms with Crippen molar-refractivity contribution in [2.24, 2.45) is 0 Å². The first-order valence-corrected chi connectivity index (χ1v) is 15.5. The van der Waals surface area contributed by atoms with E-state index in [1.54, 1.807) is 0 Å². The molecule has 1 aliphatic rings. The first kappa shape index (κ1) is 26.3. The Morgan fingerprint density at radius 3 is 1.77 bits per heavy atom. The molecule has 0 spiro atoms. The van der Waals surface area contributed by atoms with E-state index < -0.39 is 0 Å². The zero-order chi connectivity index (χ0) is 29.5. The summed E-state index contributed by atoms with van der Waals surface area (Å²) in [6.45, 7) is 2.34. The predicted molar refractivity (Wildman–Crippen MR) is 185 cm³/mol. The van der Waals surface area contributed by atoms with Crippen LogP contribution in [-0.2, 0) is 0 Å². The van der Waals surface area contributed by atoms with Crippen molar-refractivity contribution < 1.29 is 0 Å². The van der Waals surface area contributed by atoms with Crippen molar-refractivity contribution in [1.82, 2.24) is 9.97 Å². The maximum absolute atomic E-state index is 5.14. The fourth-order valence-electron chi connectivity index (χ4n) is 6.51. The molecule has 0 bridgehead atoms. The largest absolute Gasteiger partial charge is 0.228 e. The molecule has 8 rings (SSSR count). The topological polar surface area (TPSA) is 25.8 Å². The van der Waals surface area contributed by atoms with E-state index in [1.807, 2.05) is 0 Å². The lowest BCUT2D eigenvalue weighted by Gasteiger charge is -2.12. The summed E-state index contributed by atoms with van der Waals surface area (Å²) < 4.78 is 0. The van der Waals surface area contributed by atoms with Crippen LogP contribution >= 0.6 is 0 Å². The molecule has 1 aliphatic carbocycles. The fourth-order valence-corrected chi connectivity index (χ4v) is 6.51. The van der Waals surface area contributed by atoms with Gasteiger partial charge < -0.3 is 0 Å². The Morgan fingerprint density at radius 2 is 1.05 bits per heavy atom. The van der Waals surface area contributed by atoms with Gasteiger partial charge in [-0.15, -0.1) is 0 Å². The zero-order valence-corrected chi connectivity index (χ0v) is 24.7. The summed E-state index contributed by atoms with van der Waals surface area (Å²) in [6, 6.07) is 49.9. The van der Waals surface area contributed by atoms with Crippen molar-refractivity contribution in [3.05, 3.63) is 156 Å². The van der Waals surface area contributed by atoms with Gasteiger partial charge in [-0.05, 0) is 80.8 Å². The molecule has 0 saturated carbocycles. The molecule has 0 amide bonds. The zero-order valence-electron chi connectivity index (χ0n) is 24.7. The minimum atomic E-state index is 0.558. The normalized spacial score (nSPS) is 14.7. The van der Waals surface area contributed by atoms with Crippen molar-refractivity contribution in [2.45, 2.75) is 25.7 Å². The quantitative estimate of drug-likeness (QED) is 0.212. The number of aromatic nitrogens is 2. The Labute approximate surface area is 258 Å². The third-order valence-electron chi connectivity index (χ3n) is 9.03. The van der Waals surface area contributed by atoms with Crippen molar-refractivity contribution >= 4 is 33.2 Å². The summed E-state index contributed by atoms with van der Waals surface area (Å²) >= 11 is 0. The third kappa shape index (κ3) is 4.99. The Morgan fingerprint density at radius 1 is 0.500 bits per heavy atom. The Bertz CT molecular complexity index is 2090. The van der Waals surface area contributed by atoms with E-state index in [2.05, 4.69) is 153 Å². The second kappa shape index (κ2) is 11.1. The molecule has 44 heavy (non-hydrogen) atoms. The number of benzene rings is 6. The van der Waals surface area contributed by atoms with Crippen LogP contribution in [0.5, 0.6) is 0 Å². The van der Waals surface area contributed by atoms with Crippen molar-refractivity contribution in [3.63, 3.8) is 0 Å². The number of hydrogen-bond acceptors (Lipinski definition) is 2. The van der Waals surface area contributed by atoms with E-state index >= 15 is 0 Å². The van der Waals surface area contributed by atoms with Crippen LogP contribution in [-0.4, -0.2) is 9.97 Å². The van der Waals surface area contributed by atoms with Gasteiger partial charge in [-0.25, -0.2) is 9.97 Å². The molecule has 1 aromatic heterocycles. The Balaban J connectivity index is 1.22. The summed E-state index contributed by atoms with van der Waals surface area (Å²) in [4.78, 5) is 10.3. The highest BCUT2D eigenvalue weighted by atomic mass is 14.9. The second-order valence-corrected chi connectivity index (χ2v) is 11.9. The van der Waals surface area contributed by atoms with Crippen LogP contribution in [0.4, 0.5) is 0 Å². The monoisotopic (exact) mass is 564 g/mol. The highest BCUT2D eigenvalue weighted by Crippen LogP contribution is 2.36. The number of hydrogen-bond donors (Lipinski definition) is 0. The lowest BCUT2D eigenvalue weighted by molar-refractivity contribution is 0.701. The molecular formula is C42H32N2. The van der Waals surface area contributed by atoms with Crippen molar-refractivity contribution in [1.29, 1.82) is 0 Å². The van der Waals surface area contributed by atoms with Gasteiger partial charge in [0.05, 0.1) is 11.4 Å². The lowest BCUT2D eigenvalue weighted by atomic mass is 9.94. The van der Waals surface area contributed by atoms with E-state index in [-0.39, 0.29) is 0 Å². The summed E-state index contributed by atoms with van der Waals surface area (Å²) in [6.07, 6.45) is 4.61. The van der Waals surface area contributed by atoms with E-state index in [4.69, 9.17) is 9.97 Å². The molecule has 0 aliphatic heterocycles. The molecule has 0 saturated heterocycles. The van der Waals surface area contributed by atoms with Gasteiger partial charge in [0.25, 0.3) is 0 Å². The van der Waals surface area contributed by atoms with E-state index in [0.29, 0.717) is 5.92 Å². The van der Waals surface area contributed by atoms with Gasteiger partial charge in [-0.3, -0.25) is 0 Å². The van der Waals surface area contributed by atoms with E-state index in [1.165, 1.54) is 43.8 Å². The molecule has 7 aromatic rings. The lowest BCUT2D eigenvalue weighted by Crippen LogP contribution is -1.96. The summed E-state index contributed by atoms with van der Waals surface area (Å²) in [7, 11) is 0. The first-order valence-electron chi connectivity index (χ1n) is 15.5. The van der Waals surface area contributed by atoms with Crippen LogP contribution in [0.1, 0.15) is 42.4 Å². The highest BCUT2D eigenvalue weighted by Gasteiger charge is 2.17.